The number of hydrogen-bond donors (Lipinski definition) is 7. The Kier molecular flexibility index (Phi) is 9.30. The number of nitrogen functional groups attached to an aromatic ring is 2. The molecule has 44 heavy (non-hydrogen) atoms. The molecule has 8 atom stereocenters. The van der Waals surface area contributed by atoms with E-state index in [1.165, 1.54) is 17.2 Å². The molecule has 4 aromatic heterocycles. The summed E-state index contributed by atoms with van der Waals surface area (Å²) < 4.78 is 54.0. The Morgan fingerprint density at radius 1 is 1.20 bits per heavy atom. The first-order valence-corrected chi connectivity index (χ1v) is 15.5. The number of aromatic amines is 1. The third-order valence-corrected chi connectivity index (χ3v) is 7.65. The monoisotopic (exact) mass is 661 g/mol. The largest absolute Gasteiger partial charge is 0.534 e. The molecule has 0 aromatic carbocycles. The van der Waals surface area contributed by atoms with Gasteiger partial charge in [-0.25, -0.2) is 29.0 Å². The van der Waals surface area contributed by atoms with Gasteiger partial charge in [0, 0.05) is 0 Å². The van der Waals surface area contributed by atoms with Crippen molar-refractivity contribution >= 4 is 49.9 Å². The molecule has 22 nitrogen and oxygen atoms in total. The Morgan fingerprint density at radius 3 is 2.66 bits per heavy atom. The highest BCUT2D eigenvalue weighted by Crippen LogP contribution is 2.51. The van der Waals surface area contributed by atoms with E-state index in [1.54, 1.807) is 6.92 Å². The van der Waals surface area contributed by atoms with Gasteiger partial charge in [0.25, 0.3) is 18.4 Å². The van der Waals surface area contributed by atoms with Gasteiger partial charge in [-0.3, -0.25) is 28.2 Å². The highest BCUT2D eigenvalue weighted by Gasteiger charge is 2.50. The van der Waals surface area contributed by atoms with Crippen molar-refractivity contribution in [2.75, 3.05) is 24.4 Å². The van der Waals surface area contributed by atoms with E-state index in [9.17, 15) is 33.9 Å². The van der Waals surface area contributed by atoms with Crippen molar-refractivity contribution in [1.82, 2.24) is 39.0 Å². The predicted octanol–water partition coefficient (Wildman–Crippen LogP) is -1.21. The lowest BCUT2D eigenvalue weighted by Crippen LogP contribution is -2.35. The van der Waals surface area contributed by atoms with E-state index in [-0.39, 0.29) is 40.5 Å². The highest BCUT2D eigenvalue weighted by atomic mass is 31.2. The van der Waals surface area contributed by atoms with Gasteiger partial charge in [-0.2, -0.15) is 9.88 Å². The van der Waals surface area contributed by atoms with Crippen LogP contribution >= 0.6 is 15.9 Å². The third kappa shape index (κ3) is 6.46. The van der Waals surface area contributed by atoms with Crippen molar-refractivity contribution < 1.29 is 52.4 Å². The first-order chi connectivity index (χ1) is 20.9. The number of imidazole rings is 2. The van der Waals surface area contributed by atoms with Gasteiger partial charge < -0.3 is 36.0 Å². The number of phosphoric ester groups is 1. The Bertz CT molecular complexity index is 1770. The van der Waals surface area contributed by atoms with Crippen LogP contribution in [-0.4, -0.2) is 96.8 Å². The topological polar surface area (TPSA) is 320 Å². The van der Waals surface area contributed by atoms with Crippen LogP contribution in [0.2, 0.25) is 0 Å². The number of aliphatic hydroxyl groups excluding tert-OH is 2. The zero-order valence-electron chi connectivity index (χ0n) is 22.6. The van der Waals surface area contributed by atoms with Gasteiger partial charge in [0.15, 0.2) is 28.9 Å². The molecule has 238 valence electrons. The average molecular weight is 661 g/mol. The zero-order valence-corrected chi connectivity index (χ0v) is 24.3. The fraction of sp³-hybridized carbons (Fsp3) is 0.500. The highest BCUT2D eigenvalue weighted by molar-refractivity contribution is 7.47. The van der Waals surface area contributed by atoms with Crippen molar-refractivity contribution in [1.29, 1.82) is 0 Å². The number of aromatic nitrogens is 8. The minimum Gasteiger partial charge on any atom is -0.394 e. The molecule has 1 aliphatic rings. The maximum Gasteiger partial charge on any atom is 0.534 e. The van der Waals surface area contributed by atoms with Crippen LogP contribution in [-0.2, 0) is 32.4 Å². The van der Waals surface area contributed by atoms with E-state index < -0.39 is 71.6 Å². The van der Waals surface area contributed by atoms with Crippen LogP contribution in [0, 0.1) is 0 Å². The number of rotatable bonds is 13. The molecule has 0 radical (unpaired) electrons. The Labute approximate surface area is 246 Å². The van der Waals surface area contributed by atoms with E-state index in [0.717, 1.165) is 10.9 Å². The molecule has 0 aliphatic carbocycles. The number of fused-ring (bicyclic) bond motifs is 2. The standard InChI is InChI=1S/C20H26N10O12P2/c1-2-9(29-5-25-10-14(21)23-4-24-15(10)29)40-20(38-7-43(34)35)42-44(36,37)41-13-12(32)8(3-31)39-18(13)30-6-26-11-16(30)27-19(22)28-17(11)33/h4-6,8-9,12-13,18,20,31-32H,2-3,7H2,1H3,(H6-,21,22,23,24,27,28,33,34,35,36,37)/p+1/t8-,9-,12+,13+,18-,20?/m1/s1. The molecule has 1 saturated heterocycles. The molecule has 0 saturated carbocycles. The molecule has 1 aliphatic heterocycles. The molecule has 5 heterocycles. The van der Waals surface area contributed by atoms with Crippen molar-refractivity contribution in [3.05, 3.63) is 29.3 Å². The molecular formula is C20H27N10O12P2+. The Balaban J connectivity index is 1.41. The maximum atomic E-state index is 13.3. The van der Waals surface area contributed by atoms with Gasteiger partial charge in [-0.15, -0.1) is 0 Å². The first kappa shape index (κ1) is 31.9. The third-order valence-electron chi connectivity index (χ3n) is 6.33. The minimum absolute atomic E-state index is 0.0828. The molecule has 0 amide bonds. The van der Waals surface area contributed by atoms with Crippen molar-refractivity contribution in [2.45, 2.75) is 50.6 Å². The second-order valence-electron chi connectivity index (χ2n) is 9.18. The second kappa shape index (κ2) is 12.8. The summed E-state index contributed by atoms with van der Waals surface area (Å²) in [6.45, 7) is -1.16. The summed E-state index contributed by atoms with van der Waals surface area (Å²) in [6.07, 6.45) is -4.39. The van der Waals surface area contributed by atoms with E-state index in [0.29, 0.717) is 0 Å². The van der Waals surface area contributed by atoms with Crippen molar-refractivity contribution in [2.24, 2.45) is 0 Å². The SMILES string of the molecule is CC[C@@H](OC(OC[P+](=O)O)OP(=O)(O)O[C@H]1[C@@H](O)[C@@H](CO)O[C@H]1n1cnc2c(=O)[nH]c(N)nc21)n1cnc2c(N)ncnc21. The Morgan fingerprint density at radius 2 is 1.95 bits per heavy atom. The van der Waals surface area contributed by atoms with Crippen molar-refractivity contribution in [3.8, 4) is 0 Å². The molecule has 3 unspecified atom stereocenters. The lowest BCUT2D eigenvalue weighted by atomic mass is 10.1. The molecule has 0 bridgehead atoms. The van der Waals surface area contributed by atoms with Gasteiger partial charge in [-0.05, 0) is 11.0 Å². The maximum absolute atomic E-state index is 13.3. The fourth-order valence-electron chi connectivity index (χ4n) is 4.41. The Hall–Kier alpha value is -3.53. The second-order valence-corrected chi connectivity index (χ2v) is 11.5. The molecule has 5 rings (SSSR count). The number of nitrogens with zero attached hydrogens (tertiary/aromatic N) is 7. The number of ether oxygens (including phenoxy) is 3. The van der Waals surface area contributed by atoms with E-state index in [2.05, 4.69) is 29.9 Å². The fourth-order valence-corrected chi connectivity index (χ4v) is 5.57. The molecule has 1 fully saturated rings. The summed E-state index contributed by atoms with van der Waals surface area (Å²) in [5.41, 5.74) is 11.0. The van der Waals surface area contributed by atoms with Crippen LogP contribution in [0.4, 0.5) is 11.8 Å². The van der Waals surface area contributed by atoms with Crippen LogP contribution in [0.5, 0.6) is 0 Å². The van der Waals surface area contributed by atoms with E-state index in [4.69, 9.17) is 34.7 Å². The number of hydrogen-bond acceptors (Lipinski definition) is 17. The summed E-state index contributed by atoms with van der Waals surface area (Å²) in [5, 5.41) is 20.5. The lowest BCUT2D eigenvalue weighted by Gasteiger charge is -2.27. The van der Waals surface area contributed by atoms with Crippen LogP contribution in [0.3, 0.4) is 0 Å². The quantitative estimate of drug-likeness (QED) is 0.0653. The van der Waals surface area contributed by atoms with Crippen LogP contribution in [0.25, 0.3) is 22.3 Å². The number of phosphoric acid groups is 1. The van der Waals surface area contributed by atoms with Gasteiger partial charge in [0.05, 0.1) is 19.3 Å². The van der Waals surface area contributed by atoms with Gasteiger partial charge in [0.2, 0.25) is 5.95 Å². The minimum atomic E-state index is -5.32. The van der Waals surface area contributed by atoms with Crippen LogP contribution in [0.1, 0.15) is 25.8 Å². The number of nitrogens with one attached hydrogen (secondary N) is 1. The molecule has 9 N–H and O–H groups in total. The predicted molar refractivity (Wildman–Crippen MR) is 145 cm³/mol. The number of nitrogens with two attached hydrogens (primary N) is 2. The molecular weight excluding hydrogens is 634 g/mol. The molecule has 0 spiro atoms. The molecule has 24 heteroatoms. The van der Waals surface area contributed by atoms with Crippen molar-refractivity contribution in [3.63, 3.8) is 0 Å². The average Bonchev–Trinajstić information content (AvgIpc) is 3.66. The van der Waals surface area contributed by atoms with E-state index >= 15 is 0 Å². The van der Waals surface area contributed by atoms with Crippen LogP contribution in [0.15, 0.2) is 23.8 Å². The summed E-state index contributed by atoms with van der Waals surface area (Å²) in [4.78, 5) is 54.6. The number of aliphatic hydroxyl groups is 2. The zero-order chi connectivity index (χ0) is 31.8. The summed E-state index contributed by atoms with van der Waals surface area (Å²) in [5.74, 6) is -0.195. The van der Waals surface area contributed by atoms with Gasteiger partial charge in [-0.1, -0.05) is 6.92 Å². The van der Waals surface area contributed by atoms with Gasteiger partial charge in [0.1, 0.15) is 36.4 Å². The lowest BCUT2D eigenvalue weighted by molar-refractivity contribution is -0.280. The summed E-state index contributed by atoms with van der Waals surface area (Å²) in [7, 11) is -8.22. The normalized spacial score (nSPS) is 23.6. The van der Waals surface area contributed by atoms with Crippen LogP contribution < -0.4 is 17.0 Å². The van der Waals surface area contributed by atoms with E-state index in [1.807, 2.05) is 0 Å². The first-order valence-electron chi connectivity index (χ1n) is 12.6. The summed E-state index contributed by atoms with van der Waals surface area (Å²) in [6, 6.07) is 0. The number of H-pyrrole nitrogens is 1. The van der Waals surface area contributed by atoms with Gasteiger partial charge >= 0.3 is 15.9 Å². The smallest absolute Gasteiger partial charge is 0.394 e. The molecule has 4 aromatic rings. The summed E-state index contributed by atoms with van der Waals surface area (Å²) >= 11 is 0. The number of anilines is 2.